The largest absolute Gasteiger partial charge is 0.382 e. The van der Waals surface area contributed by atoms with E-state index in [2.05, 4.69) is 46.8 Å². The van der Waals surface area contributed by atoms with E-state index in [1.807, 2.05) is 12.1 Å². The second-order valence-electron chi connectivity index (χ2n) is 6.05. The van der Waals surface area contributed by atoms with E-state index in [0.29, 0.717) is 11.5 Å². The Labute approximate surface area is 113 Å². The highest BCUT2D eigenvalue weighted by Crippen LogP contribution is 2.38. The van der Waals surface area contributed by atoms with E-state index >= 15 is 0 Å². The zero-order chi connectivity index (χ0) is 13.3. The Kier molecular flexibility index (Phi) is 2.97. The van der Waals surface area contributed by atoms with Crippen molar-refractivity contribution >= 4 is 5.69 Å². The van der Waals surface area contributed by atoms with E-state index in [1.54, 1.807) is 11.0 Å². The van der Waals surface area contributed by atoms with Gasteiger partial charge in [-0.3, -0.25) is 0 Å². The van der Waals surface area contributed by atoms with Gasteiger partial charge in [-0.05, 0) is 53.3 Å². The van der Waals surface area contributed by atoms with Crippen LogP contribution in [-0.4, -0.2) is 26.2 Å². The fourth-order valence-corrected chi connectivity index (χ4v) is 2.81. The SMILES string of the molecule is CC1(C)CCC(Nc2cccc(-n3cnnn3)c2)C1. The molecule has 0 radical (unpaired) electrons. The summed E-state index contributed by atoms with van der Waals surface area (Å²) in [4.78, 5) is 0. The average molecular weight is 257 g/mol. The molecule has 100 valence electrons. The lowest BCUT2D eigenvalue weighted by molar-refractivity contribution is 0.378. The summed E-state index contributed by atoms with van der Waals surface area (Å²) in [7, 11) is 0. The summed E-state index contributed by atoms with van der Waals surface area (Å²) in [5, 5.41) is 14.9. The molecule has 1 unspecified atom stereocenters. The van der Waals surface area contributed by atoms with E-state index in [0.717, 1.165) is 11.4 Å². The Morgan fingerprint density at radius 2 is 2.26 bits per heavy atom. The Balaban J connectivity index is 1.74. The third-order valence-corrected chi connectivity index (χ3v) is 3.80. The normalized spacial score (nSPS) is 21.5. The number of benzene rings is 1. The van der Waals surface area contributed by atoms with E-state index in [1.165, 1.54) is 19.3 Å². The molecule has 2 aromatic rings. The van der Waals surface area contributed by atoms with Crippen LogP contribution in [0.2, 0.25) is 0 Å². The monoisotopic (exact) mass is 257 g/mol. The van der Waals surface area contributed by atoms with Gasteiger partial charge in [-0.2, -0.15) is 0 Å². The summed E-state index contributed by atoms with van der Waals surface area (Å²) < 4.78 is 1.67. The number of hydrogen-bond donors (Lipinski definition) is 1. The van der Waals surface area contributed by atoms with Gasteiger partial charge in [-0.1, -0.05) is 19.9 Å². The molecule has 0 bridgehead atoms. The predicted octanol–water partition coefficient (Wildman–Crippen LogP) is 2.65. The van der Waals surface area contributed by atoms with Gasteiger partial charge in [0.15, 0.2) is 0 Å². The van der Waals surface area contributed by atoms with Gasteiger partial charge in [0.1, 0.15) is 6.33 Å². The van der Waals surface area contributed by atoms with Crippen molar-refractivity contribution in [1.82, 2.24) is 20.2 Å². The summed E-state index contributed by atoms with van der Waals surface area (Å²) in [5.41, 5.74) is 2.58. The van der Waals surface area contributed by atoms with Crippen LogP contribution in [0.15, 0.2) is 30.6 Å². The van der Waals surface area contributed by atoms with Crippen molar-refractivity contribution in [2.45, 2.75) is 39.2 Å². The van der Waals surface area contributed by atoms with Gasteiger partial charge >= 0.3 is 0 Å². The molecular formula is C14H19N5. The molecule has 0 saturated heterocycles. The summed E-state index contributed by atoms with van der Waals surface area (Å²) >= 11 is 0. The van der Waals surface area contributed by atoms with Crippen LogP contribution in [-0.2, 0) is 0 Å². The van der Waals surface area contributed by atoms with E-state index < -0.39 is 0 Å². The van der Waals surface area contributed by atoms with Crippen molar-refractivity contribution in [3.63, 3.8) is 0 Å². The van der Waals surface area contributed by atoms with Gasteiger partial charge in [0.2, 0.25) is 0 Å². The lowest BCUT2D eigenvalue weighted by atomic mass is 9.92. The maximum atomic E-state index is 3.91. The maximum Gasteiger partial charge on any atom is 0.143 e. The molecule has 0 amide bonds. The molecule has 1 aliphatic carbocycles. The van der Waals surface area contributed by atoms with Crippen LogP contribution >= 0.6 is 0 Å². The van der Waals surface area contributed by atoms with E-state index in [9.17, 15) is 0 Å². The van der Waals surface area contributed by atoms with Gasteiger partial charge in [-0.15, -0.1) is 5.10 Å². The smallest absolute Gasteiger partial charge is 0.143 e. The summed E-state index contributed by atoms with van der Waals surface area (Å²) in [6, 6.07) is 8.78. The first-order valence-electron chi connectivity index (χ1n) is 6.72. The third kappa shape index (κ3) is 2.75. The van der Waals surface area contributed by atoms with Crippen LogP contribution in [0, 0.1) is 5.41 Å². The van der Waals surface area contributed by atoms with Crippen molar-refractivity contribution in [2.75, 3.05) is 5.32 Å². The first kappa shape index (κ1) is 12.1. The molecule has 3 rings (SSSR count). The maximum absolute atomic E-state index is 3.91. The minimum atomic E-state index is 0.463. The van der Waals surface area contributed by atoms with Gasteiger partial charge in [0.25, 0.3) is 0 Å². The van der Waals surface area contributed by atoms with Crippen molar-refractivity contribution < 1.29 is 0 Å². The quantitative estimate of drug-likeness (QED) is 0.918. The second kappa shape index (κ2) is 4.64. The number of rotatable bonds is 3. The van der Waals surface area contributed by atoms with Crippen LogP contribution in [0.3, 0.4) is 0 Å². The highest BCUT2D eigenvalue weighted by Gasteiger charge is 2.30. The fourth-order valence-electron chi connectivity index (χ4n) is 2.81. The van der Waals surface area contributed by atoms with E-state index in [-0.39, 0.29) is 0 Å². The van der Waals surface area contributed by atoms with Gasteiger partial charge in [-0.25, -0.2) is 4.68 Å². The number of aromatic nitrogens is 4. The topological polar surface area (TPSA) is 55.6 Å². The van der Waals surface area contributed by atoms with Crippen LogP contribution in [0.5, 0.6) is 0 Å². The molecule has 5 nitrogen and oxygen atoms in total. The van der Waals surface area contributed by atoms with Gasteiger partial charge < -0.3 is 5.32 Å². The Hall–Kier alpha value is -1.91. The molecule has 1 heterocycles. The standard InChI is InChI=1S/C14H19N5/c1-14(2)7-6-12(9-14)16-11-4-3-5-13(8-11)19-10-15-17-18-19/h3-5,8,10,12,16H,6-7,9H2,1-2H3. The Morgan fingerprint density at radius 1 is 1.37 bits per heavy atom. The first-order chi connectivity index (χ1) is 9.12. The fraction of sp³-hybridized carbons (Fsp3) is 0.500. The van der Waals surface area contributed by atoms with Crippen LogP contribution in [0.1, 0.15) is 33.1 Å². The summed E-state index contributed by atoms with van der Waals surface area (Å²) in [6.45, 7) is 4.68. The predicted molar refractivity (Wildman–Crippen MR) is 74.2 cm³/mol. The highest BCUT2D eigenvalue weighted by atomic mass is 15.5. The second-order valence-corrected chi connectivity index (χ2v) is 6.05. The van der Waals surface area contributed by atoms with Crippen molar-refractivity contribution in [2.24, 2.45) is 5.41 Å². The summed E-state index contributed by atoms with van der Waals surface area (Å²) in [6.07, 6.45) is 5.36. The molecule has 1 atom stereocenters. The number of nitrogens with zero attached hydrogens (tertiary/aromatic N) is 4. The molecule has 1 saturated carbocycles. The lowest BCUT2D eigenvalue weighted by Gasteiger charge is -2.18. The van der Waals surface area contributed by atoms with Gasteiger partial charge in [0, 0.05) is 11.7 Å². The molecule has 1 fully saturated rings. The number of nitrogens with one attached hydrogen (secondary N) is 1. The lowest BCUT2D eigenvalue weighted by Crippen LogP contribution is -2.17. The Bertz CT molecular complexity index is 547. The van der Waals surface area contributed by atoms with E-state index in [4.69, 9.17) is 0 Å². The molecule has 1 aliphatic rings. The molecule has 5 heteroatoms. The van der Waals surface area contributed by atoms with Crippen LogP contribution in [0.25, 0.3) is 5.69 Å². The van der Waals surface area contributed by atoms with Crippen molar-refractivity contribution in [3.05, 3.63) is 30.6 Å². The summed E-state index contributed by atoms with van der Waals surface area (Å²) in [5.74, 6) is 0. The highest BCUT2D eigenvalue weighted by molar-refractivity contribution is 5.51. The molecule has 1 aromatic carbocycles. The number of anilines is 1. The number of hydrogen-bond acceptors (Lipinski definition) is 4. The molecular weight excluding hydrogens is 238 g/mol. The number of tetrazole rings is 1. The van der Waals surface area contributed by atoms with Crippen LogP contribution < -0.4 is 5.32 Å². The Morgan fingerprint density at radius 3 is 2.95 bits per heavy atom. The molecule has 19 heavy (non-hydrogen) atoms. The molecule has 1 N–H and O–H groups in total. The van der Waals surface area contributed by atoms with Crippen molar-refractivity contribution in [1.29, 1.82) is 0 Å². The zero-order valence-electron chi connectivity index (χ0n) is 11.4. The van der Waals surface area contributed by atoms with Gasteiger partial charge in [0.05, 0.1) is 5.69 Å². The first-order valence-corrected chi connectivity index (χ1v) is 6.72. The molecule has 1 aromatic heterocycles. The zero-order valence-corrected chi connectivity index (χ0v) is 11.4. The van der Waals surface area contributed by atoms with Crippen molar-refractivity contribution in [3.8, 4) is 5.69 Å². The molecule has 0 aliphatic heterocycles. The third-order valence-electron chi connectivity index (χ3n) is 3.80. The average Bonchev–Trinajstić information content (AvgIpc) is 2.99. The minimum Gasteiger partial charge on any atom is -0.382 e. The molecule has 0 spiro atoms. The van der Waals surface area contributed by atoms with Crippen LogP contribution in [0.4, 0.5) is 5.69 Å². The minimum absolute atomic E-state index is 0.463.